The maximum Gasteiger partial charge on any atom is 0.232 e. The second kappa shape index (κ2) is 6.95. The minimum Gasteiger partial charge on any atom is -0.381 e. The van der Waals surface area contributed by atoms with Crippen LogP contribution in [0.1, 0.15) is 19.8 Å². The normalized spacial score (nSPS) is 16.5. The van der Waals surface area contributed by atoms with Crippen molar-refractivity contribution in [1.82, 2.24) is 9.97 Å². The lowest BCUT2D eigenvalue weighted by atomic mass is 9.81. The summed E-state index contributed by atoms with van der Waals surface area (Å²) in [5.41, 5.74) is 0.645. The van der Waals surface area contributed by atoms with Crippen LogP contribution in [0.2, 0.25) is 5.15 Å². The van der Waals surface area contributed by atoms with Gasteiger partial charge in [0.05, 0.1) is 10.3 Å². The lowest BCUT2D eigenvalue weighted by molar-refractivity contribution is -0.129. The van der Waals surface area contributed by atoms with Crippen molar-refractivity contribution in [2.24, 2.45) is 5.41 Å². The highest BCUT2D eigenvalue weighted by molar-refractivity contribution is 7.19. The highest BCUT2D eigenvalue weighted by atomic mass is 35.5. The summed E-state index contributed by atoms with van der Waals surface area (Å²) in [6.07, 6.45) is 5.01. The van der Waals surface area contributed by atoms with Crippen LogP contribution in [-0.2, 0) is 9.53 Å². The fourth-order valence-corrected chi connectivity index (χ4v) is 4.00. The predicted octanol–water partition coefficient (Wildman–Crippen LogP) is 4.77. The zero-order valence-electron chi connectivity index (χ0n) is 14.3. The number of fused-ring (bicyclic) bond motifs is 1. The number of pyridine rings is 1. The minimum atomic E-state index is -0.392. The maximum absolute atomic E-state index is 12.6. The number of hydrogen-bond donors (Lipinski definition) is 1. The van der Waals surface area contributed by atoms with Gasteiger partial charge in [-0.1, -0.05) is 42.0 Å². The Kier molecular flexibility index (Phi) is 4.65. The molecule has 1 aliphatic heterocycles. The van der Waals surface area contributed by atoms with E-state index in [-0.39, 0.29) is 5.91 Å². The van der Waals surface area contributed by atoms with Crippen molar-refractivity contribution < 1.29 is 9.53 Å². The van der Waals surface area contributed by atoms with E-state index in [1.165, 1.54) is 11.3 Å². The number of amides is 1. The van der Waals surface area contributed by atoms with Crippen molar-refractivity contribution in [3.05, 3.63) is 41.8 Å². The molecule has 2 aromatic heterocycles. The molecule has 5 nitrogen and oxygen atoms in total. The zero-order chi connectivity index (χ0) is 18.1. The summed E-state index contributed by atoms with van der Waals surface area (Å²) in [4.78, 5) is 22.1. The molecule has 1 aromatic carbocycles. The van der Waals surface area contributed by atoms with Gasteiger partial charge in [0.1, 0.15) is 5.15 Å². The Hall–Kier alpha value is -2.02. The van der Waals surface area contributed by atoms with Crippen molar-refractivity contribution in [1.29, 1.82) is 0 Å². The van der Waals surface area contributed by atoms with E-state index in [0.717, 1.165) is 34.1 Å². The first-order chi connectivity index (χ1) is 12.5. The van der Waals surface area contributed by atoms with Crippen molar-refractivity contribution in [2.75, 3.05) is 18.5 Å². The van der Waals surface area contributed by atoms with Crippen LogP contribution in [0.4, 0.5) is 5.13 Å². The minimum absolute atomic E-state index is 0.0121. The summed E-state index contributed by atoms with van der Waals surface area (Å²) in [7, 11) is 0. The molecule has 0 spiro atoms. The van der Waals surface area contributed by atoms with Gasteiger partial charge in [-0.05, 0) is 35.9 Å². The molecule has 7 heteroatoms. The zero-order valence-corrected chi connectivity index (χ0v) is 15.9. The standard InChI is InChI=1S/C19H18ClN3O2S/c1-19(4-6-25-7-5-19)17(24)23-18-22-11-15(26-18)12-2-3-13-10-21-16(20)9-14(13)8-12/h2-3,8-11H,4-7H2,1H3,(H,22,23,24). The monoisotopic (exact) mass is 387 g/mol. The Morgan fingerprint density at radius 2 is 2.00 bits per heavy atom. The third-order valence-electron chi connectivity index (χ3n) is 4.84. The van der Waals surface area contributed by atoms with Gasteiger partial charge in [-0.3, -0.25) is 4.79 Å². The Morgan fingerprint density at radius 3 is 2.81 bits per heavy atom. The Morgan fingerprint density at radius 1 is 1.19 bits per heavy atom. The fourth-order valence-electron chi connectivity index (χ4n) is 3.03. The van der Waals surface area contributed by atoms with E-state index in [1.807, 2.05) is 25.1 Å². The molecule has 0 bridgehead atoms. The van der Waals surface area contributed by atoms with Crippen LogP contribution in [0.15, 0.2) is 36.7 Å². The third kappa shape index (κ3) is 3.45. The number of carbonyl (C=O) groups is 1. The quantitative estimate of drug-likeness (QED) is 0.657. The first kappa shape index (κ1) is 17.4. The van der Waals surface area contributed by atoms with Crippen molar-refractivity contribution in [2.45, 2.75) is 19.8 Å². The topological polar surface area (TPSA) is 64.1 Å². The molecule has 0 unspecified atom stereocenters. The maximum atomic E-state index is 12.6. The van der Waals surface area contributed by atoms with Gasteiger partial charge >= 0.3 is 0 Å². The molecular formula is C19H18ClN3O2S. The number of carbonyl (C=O) groups excluding carboxylic acids is 1. The first-order valence-electron chi connectivity index (χ1n) is 8.44. The van der Waals surface area contributed by atoms with Gasteiger partial charge in [0.15, 0.2) is 5.13 Å². The van der Waals surface area contributed by atoms with Gasteiger partial charge in [-0.2, -0.15) is 0 Å². The predicted molar refractivity (Wildman–Crippen MR) is 105 cm³/mol. The summed E-state index contributed by atoms with van der Waals surface area (Å²) < 4.78 is 5.36. The number of ether oxygens (including phenoxy) is 1. The lowest BCUT2D eigenvalue weighted by Crippen LogP contribution is -2.38. The number of hydrogen-bond acceptors (Lipinski definition) is 5. The molecule has 0 atom stereocenters. The molecule has 0 saturated carbocycles. The second-order valence-electron chi connectivity index (χ2n) is 6.73. The van der Waals surface area contributed by atoms with Crippen molar-refractivity contribution in [3.8, 4) is 10.4 Å². The number of thiazole rings is 1. The van der Waals surface area contributed by atoms with E-state index < -0.39 is 5.41 Å². The van der Waals surface area contributed by atoms with Gasteiger partial charge in [-0.25, -0.2) is 9.97 Å². The molecule has 1 saturated heterocycles. The molecule has 1 amide bonds. The number of halogens is 1. The molecule has 26 heavy (non-hydrogen) atoms. The number of anilines is 1. The van der Waals surface area contributed by atoms with Crippen molar-refractivity contribution >= 4 is 44.7 Å². The molecule has 1 N–H and O–H groups in total. The van der Waals surface area contributed by atoms with Crippen LogP contribution in [0.5, 0.6) is 0 Å². The van der Waals surface area contributed by atoms with Crippen LogP contribution < -0.4 is 5.32 Å². The van der Waals surface area contributed by atoms with E-state index in [2.05, 4.69) is 21.4 Å². The average Bonchev–Trinajstić information content (AvgIpc) is 3.10. The van der Waals surface area contributed by atoms with E-state index in [9.17, 15) is 4.79 Å². The summed E-state index contributed by atoms with van der Waals surface area (Å²) in [5.74, 6) is 0.0121. The van der Waals surface area contributed by atoms with Gasteiger partial charge in [-0.15, -0.1) is 0 Å². The Labute approximate surface area is 160 Å². The number of benzene rings is 1. The van der Waals surface area contributed by atoms with E-state index >= 15 is 0 Å². The fraction of sp³-hybridized carbons (Fsp3) is 0.316. The van der Waals surface area contributed by atoms with Crippen LogP contribution in [0.3, 0.4) is 0 Å². The number of aromatic nitrogens is 2. The van der Waals surface area contributed by atoms with Crippen LogP contribution in [0.25, 0.3) is 21.2 Å². The smallest absolute Gasteiger partial charge is 0.232 e. The number of nitrogens with one attached hydrogen (secondary N) is 1. The Balaban J connectivity index is 1.55. The molecule has 4 rings (SSSR count). The van der Waals surface area contributed by atoms with Crippen LogP contribution in [0, 0.1) is 5.41 Å². The summed E-state index contributed by atoms with van der Waals surface area (Å²) >= 11 is 7.45. The second-order valence-corrected chi connectivity index (χ2v) is 8.14. The van der Waals surface area contributed by atoms with Crippen LogP contribution in [-0.4, -0.2) is 29.1 Å². The Bertz CT molecular complexity index is 966. The van der Waals surface area contributed by atoms with Crippen LogP contribution >= 0.6 is 22.9 Å². The third-order valence-corrected chi connectivity index (χ3v) is 6.01. The molecule has 3 heterocycles. The highest BCUT2D eigenvalue weighted by Crippen LogP contribution is 2.34. The van der Waals surface area contributed by atoms with E-state index in [4.69, 9.17) is 16.3 Å². The summed E-state index contributed by atoms with van der Waals surface area (Å²) in [5, 5.41) is 6.11. The molecule has 0 aliphatic carbocycles. The molecule has 3 aromatic rings. The highest BCUT2D eigenvalue weighted by Gasteiger charge is 2.35. The van der Waals surface area contributed by atoms with E-state index in [1.54, 1.807) is 12.4 Å². The molecular weight excluding hydrogens is 370 g/mol. The van der Waals surface area contributed by atoms with Gasteiger partial charge < -0.3 is 10.1 Å². The summed E-state index contributed by atoms with van der Waals surface area (Å²) in [6, 6.07) is 7.93. The molecule has 1 aliphatic rings. The molecule has 0 radical (unpaired) electrons. The SMILES string of the molecule is CC1(C(=O)Nc2ncc(-c3ccc4cnc(Cl)cc4c3)s2)CCOCC1. The average molecular weight is 388 g/mol. The number of rotatable bonds is 3. The van der Waals surface area contributed by atoms with Gasteiger partial charge in [0.2, 0.25) is 5.91 Å². The largest absolute Gasteiger partial charge is 0.381 e. The van der Waals surface area contributed by atoms with Gasteiger partial charge in [0, 0.05) is 31.0 Å². The van der Waals surface area contributed by atoms with Crippen molar-refractivity contribution in [3.63, 3.8) is 0 Å². The molecule has 134 valence electrons. The molecule has 1 fully saturated rings. The summed E-state index contributed by atoms with van der Waals surface area (Å²) in [6.45, 7) is 3.24. The van der Waals surface area contributed by atoms with E-state index in [0.29, 0.717) is 23.5 Å². The van der Waals surface area contributed by atoms with Gasteiger partial charge in [0.25, 0.3) is 0 Å². The first-order valence-corrected chi connectivity index (χ1v) is 9.64. The number of nitrogens with zero attached hydrogens (tertiary/aromatic N) is 2. The lowest BCUT2D eigenvalue weighted by Gasteiger charge is -2.31.